The number of anilines is 1. The van der Waals surface area contributed by atoms with Gasteiger partial charge in [-0.15, -0.1) is 0 Å². The molecule has 0 amide bonds. The molecule has 3 N–H and O–H groups in total. The third-order valence-electron chi connectivity index (χ3n) is 2.00. The van der Waals surface area contributed by atoms with Crippen LogP contribution in [-0.2, 0) is 20.0 Å². The fourth-order valence-corrected chi connectivity index (χ4v) is 2.99. The first-order chi connectivity index (χ1) is 7.67. The van der Waals surface area contributed by atoms with Crippen LogP contribution < -0.4 is 9.86 Å². The number of nitrogens with two attached hydrogens (primary N) is 1. The summed E-state index contributed by atoms with van der Waals surface area (Å²) in [6.07, 6.45) is 0. The van der Waals surface area contributed by atoms with Crippen LogP contribution in [0.3, 0.4) is 0 Å². The van der Waals surface area contributed by atoms with Gasteiger partial charge in [0.2, 0.25) is 20.0 Å². The van der Waals surface area contributed by atoms with Gasteiger partial charge in [-0.1, -0.05) is 22.0 Å². The molecule has 9 heteroatoms. The molecule has 17 heavy (non-hydrogen) atoms. The van der Waals surface area contributed by atoms with Crippen LogP contribution in [0.5, 0.6) is 0 Å². The number of benzene rings is 1. The molecular formula is C8H11BrN2O4S2. The number of halogens is 1. The molecule has 0 fully saturated rings. The molecule has 0 unspecified atom stereocenters. The molecule has 0 saturated heterocycles. The zero-order valence-corrected chi connectivity index (χ0v) is 12.1. The van der Waals surface area contributed by atoms with Crippen LogP contribution in [-0.4, -0.2) is 21.5 Å². The van der Waals surface area contributed by atoms with Crippen molar-refractivity contribution in [1.82, 2.24) is 0 Å². The van der Waals surface area contributed by atoms with Crippen LogP contribution in [0.2, 0.25) is 0 Å². The highest BCUT2D eigenvalue weighted by Gasteiger charge is 2.16. The smallest absolute Gasteiger partial charge is 0.242 e. The summed E-state index contributed by atoms with van der Waals surface area (Å²) >= 11 is 2.82. The van der Waals surface area contributed by atoms with E-state index in [9.17, 15) is 16.8 Å². The standard InChI is InChI=1S/C8H11BrN2O4S2/c1-6-7(11-16(12,13)5-9)3-2-4-8(6)17(10,14)15/h2-4,11H,5H2,1H3,(H2,10,14,15). The number of rotatable bonds is 4. The average molecular weight is 343 g/mol. The monoisotopic (exact) mass is 342 g/mol. The maximum absolute atomic E-state index is 11.3. The van der Waals surface area contributed by atoms with Crippen LogP contribution in [0, 0.1) is 6.92 Å². The summed E-state index contributed by atoms with van der Waals surface area (Å²) in [4.78, 5) is -0.104. The molecule has 0 aliphatic carbocycles. The molecule has 0 aliphatic rings. The first-order valence-electron chi connectivity index (χ1n) is 4.36. The van der Waals surface area contributed by atoms with E-state index in [1.807, 2.05) is 0 Å². The summed E-state index contributed by atoms with van der Waals surface area (Å²) in [5.41, 5.74) is 0.454. The summed E-state index contributed by atoms with van der Waals surface area (Å²) in [5.74, 6) is 0. The first-order valence-corrected chi connectivity index (χ1v) is 8.68. The van der Waals surface area contributed by atoms with Crippen molar-refractivity contribution in [2.75, 3.05) is 9.38 Å². The van der Waals surface area contributed by atoms with Crippen molar-refractivity contribution in [3.05, 3.63) is 23.8 Å². The molecule has 0 atom stereocenters. The number of sulfonamides is 2. The van der Waals surface area contributed by atoms with Gasteiger partial charge in [0, 0.05) is 0 Å². The number of primary sulfonamides is 1. The van der Waals surface area contributed by atoms with Crippen molar-refractivity contribution in [1.29, 1.82) is 0 Å². The Morgan fingerprint density at radius 3 is 2.35 bits per heavy atom. The summed E-state index contributed by atoms with van der Waals surface area (Å²) in [6.45, 7) is 1.48. The molecule has 1 aromatic rings. The summed E-state index contributed by atoms with van der Waals surface area (Å²) in [6, 6.07) is 4.19. The Hall–Kier alpha value is -0.640. The van der Waals surface area contributed by atoms with Crippen LogP contribution in [0.15, 0.2) is 23.1 Å². The van der Waals surface area contributed by atoms with Crippen molar-refractivity contribution in [3.63, 3.8) is 0 Å². The second-order valence-electron chi connectivity index (χ2n) is 3.30. The Morgan fingerprint density at radius 1 is 1.29 bits per heavy atom. The molecule has 0 spiro atoms. The minimum Gasteiger partial charge on any atom is -0.283 e. The lowest BCUT2D eigenvalue weighted by Crippen LogP contribution is -2.17. The Bertz CT molecular complexity index is 625. The van der Waals surface area contributed by atoms with Crippen molar-refractivity contribution < 1.29 is 16.8 Å². The summed E-state index contributed by atoms with van der Waals surface area (Å²) in [5, 5.41) is 5.01. The predicted octanol–water partition coefficient (Wildman–Crippen LogP) is 0.737. The summed E-state index contributed by atoms with van der Waals surface area (Å²) < 4.78 is 47.1. The maximum Gasteiger partial charge on any atom is 0.242 e. The minimum atomic E-state index is -3.86. The Balaban J connectivity index is 3.31. The van der Waals surface area contributed by atoms with Crippen molar-refractivity contribution in [2.45, 2.75) is 11.8 Å². The molecular weight excluding hydrogens is 332 g/mol. The molecule has 0 radical (unpaired) electrons. The first kappa shape index (κ1) is 14.4. The third-order valence-corrected chi connectivity index (χ3v) is 5.68. The van der Waals surface area contributed by atoms with Gasteiger partial charge in [-0.25, -0.2) is 22.0 Å². The molecule has 0 aromatic heterocycles. The van der Waals surface area contributed by atoms with Gasteiger partial charge in [-0.2, -0.15) is 0 Å². The minimum absolute atomic E-state index is 0.104. The predicted molar refractivity (Wildman–Crippen MR) is 68.9 cm³/mol. The number of hydrogen-bond acceptors (Lipinski definition) is 4. The Kier molecular flexibility index (Phi) is 4.18. The molecule has 96 valence electrons. The van der Waals surface area contributed by atoms with E-state index in [0.717, 1.165) is 0 Å². The van der Waals surface area contributed by atoms with E-state index < -0.39 is 20.0 Å². The molecule has 0 bridgehead atoms. The highest BCUT2D eigenvalue weighted by atomic mass is 79.9. The number of hydrogen-bond donors (Lipinski definition) is 2. The SMILES string of the molecule is Cc1c(NS(=O)(=O)CBr)cccc1S(N)(=O)=O. The number of alkyl halides is 1. The molecule has 0 aliphatic heterocycles. The van der Waals surface area contributed by atoms with Crippen LogP contribution in [0.1, 0.15) is 5.56 Å². The maximum atomic E-state index is 11.3. The molecule has 6 nitrogen and oxygen atoms in total. The van der Waals surface area contributed by atoms with Crippen molar-refractivity contribution in [3.8, 4) is 0 Å². The van der Waals surface area contributed by atoms with E-state index in [1.165, 1.54) is 25.1 Å². The lowest BCUT2D eigenvalue weighted by molar-refractivity contribution is 0.596. The zero-order valence-electron chi connectivity index (χ0n) is 8.84. The summed E-state index contributed by atoms with van der Waals surface area (Å²) in [7, 11) is -7.39. The number of nitrogens with one attached hydrogen (secondary N) is 1. The van der Waals surface area contributed by atoms with Gasteiger partial charge in [-0.05, 0) is 24.6 Å². The van der Waals surface area contributed by atoms with Gasteiger partial charge in [0.05, 0.1) is 10.6 Å². The van der Waals surface area contributed by atoms with Gasteiger partial charge in [0.15, 0.2) is 0 Å². The van der Waals surface area contributed by atoms with Crippen LogP contribution in [0.25, 0.3) is 0 Å². The van der Waals surface area contributed by atoms with E-state index >= 15 is 0 Å². The lowest BCUT2D eigenvalue weighted by atomic mass is 10.2. The van der Waals surface area contributed by atoms with Gasteiger partial charge in [-0.3, -0.25) is 4.72 Å². The second kappa shape index (κ2) is 4.92. The van der Waals surface area contributed by atoms with E-state index in [4.69, 9.17) is 5.14 Å². The average Bonchev–Trinajstić information content (AvgIpc) is 2.19. The fourth-order valence-electron chi connectivity index (χ4n) is 1.23. The highest BCUT2D eigenvalue weighted by Crippen LogP contribution is 2.23. The zero-order chi connectivity index (χ0) is 13.3. The lowest BCUT2D eigenvalue weighted by Gasteiger charge is -2.11. The molecule has 1 rings (SSSR count). The molecule has 0 saturated carbocycles. The Labute approximate surface area is 108 Å². The second-order valence-corrected chi connectivity index (χ2v) is 7.85. The fraction of sp³-hybridized carbons (Fsp3) is 0.250. The van der Waals surface area contributed by atoms with E-state index in [-0.39, 0.29) is 20.8 Å². The van der Waals surface area contributed by atoms with E-state index in [1.54, 1.807) is 0 Å². The van der Waals surface area contributed by atoms with Crippen LogP contribution in [0.4, 0.5) is 5.69 Å². The topological polar surface area (TPSA) is 106 Å². The molecule has 0 heterocycles. The third kappa shape index (κ3) is 3.66. The van der Waals surface area contributed by atoms with Gasteiger partial charge < -0.3 is 0 Å². The quantitative estimate of drug-likeness (QED) is 0.786. The van der Waals surface area contributed by atoms with Crippen LogP contribution >= 0.6 is 15.9 Å². The van der Waals surface area contributed by atoms with Gasteiger partial charge in [0.25, 0.3) is 0 Å². The highest BCUT2D eigenvalue weighted by molar-refractivity contribution is 9.10. The van der Waals surface area contributed by atoms with E-state index in [0.29, 0.717) is 0 Å². The normalized spacial score (nSPS) is 12.4. The van der Waals surface area contributed by atoms with Crippen molar-refractivity contribution >= 4 is 41.7 Å². The molecule has 1 aromatic carbocycles. The van der Waals surface area contributed by atoms with Gasteiger partial charge in [0.1, 0.15) is 4.66 Å². The Morgan fingerprint density at radius 2 is 1.88 bits per heavy atom. The van der Waals surface area contributed by atoms with E-state index in [2.05, 4.69) is 20.7 Å². The van der Waals surface area contributed by atoms with Gasteiger partial charge >= 0.3 is 0 Å². The van der Waals surface area contributed by atoms with Crippen molar-refractivity contribution in [2.24, 2.45) is 5.14 Å². The largest absolute Gasteiger partial charge is 0.283 e.